The van der Waals surface area contributed by atoms with Crippen LogP contribution in [0.25, 0.3) is 0 Å². The molecule has 4 heteroatoms. The van der Waals surface area contributed by atoms with Crippen molar-refractivity contribution in [3.05, 3.63) is 0 Å². The molecule has 0 unspecified atom stereocenters. The number of aliphatic carboxylic acids is 1. The van der Waals surface area contributed by atoms with Crippen LogP contribution < -0.4 is 5.32 Å². The summed E-state index contributed by atoms with van der Waals surface area (Å²) in [7, 11) is 0. The van der Waals surface area contributed by atoms with Crippen molar-refractivity contribution in [2.24, 2.45) is 16.7 Å². The van der Waals surface area contributed by atoms with Crippen molar-refractivity contribution in [2.45, 2.75) is 40.5 Å². The van der Waals surface area contributed by atoms with Gasteiger partial charge in [-0.1, -0.05) is 13.8 Å². The van der Waals surface area contributed by atoms with Crippen LogP contribution in [-0.4, -0.2) is 37.4 Å². The minimum atomic E-state index is -0.751. The Morgan fingerprint density at radius 1 is 1.22 bits per heavy atom. The molecule has 106 valence electrons. The van der Waals surface area contributed by atoms with Crippen molar-refractivity contribution < 1.29 is 14.6 Å². The quantitative estimate of drug-likeness (QED) is 0.765. The summed E-state index contributed by atoms with van der Waals surface area (Å²) in [6.45, 7) is 11.1. The van der Waals surface area contributed by atoms with Crippen molar-refractivity contribution in [1.29, 1.82) is 0 Å². The maximum absolute atomic E-state index is 11.0. The van der Waals surface area contributed by atoms with E-state index >= 15 is 0 Å². The third-order valence-electron chi connectivity index (χ3n) is 4.05. The molecular weight excluding hydrogens is 230 g/mol. The number of carboxylic acids is 1. The molecule has 0 aromatic rings. The molecule has 1 aliphatic rings. The number of nitrogens with one attached hydrogen (secondary N) is 1. The molecule has 0 atom stereocenters. The van der Waals surface area contributed by atoms with Crippen LogP contribution in [0.4, 0.5) is 0 Å². The Balaban J connectivity index is 2.39. The van der Waals surface area contributed by atoms with Crippen molar-refractivity contribution in [1.82, 2.24) is 5.32 Å². The van der Waals surface area contributed by atoms with E-state index in [1.54, 1.807) is 13.8 Å². The Morgan fingerprint density at radius 3 is 2.28 bits per heavy atom. The fourth-order valence-corrected chi connectivity index (χ4v) is 2.40. The molecule has 0 aliphatic carbocycles. The van der Waals surface area contributed by atoms with Crippen LogP contribution in [0, 0.1) is 16.7 Å². The van der Waals surface area contributed by atoms with E-state index in [4.69, 9.17) is 9.84 Å². The Kier molecular flexibility index (Phi) is 5.17. The minimum absolute atomic E-state index is 0.193. The molecule has 1 rings (SSSR count). The second kappa shape index (κ2) is 6.02. The van der Waals surface area contributed by atoms with Gasteiger partial charge in [-0.25, -0.2) is 0 Å². The Hall–Kier alpha value is -0.610. The SMILES string of the molecule is CC(C)(CNCC(C)(C)C1CCOCC1)C(=O)O. The van der Waals surface area contributed by atoms with Gasteiger partial charge in [-0.3, -0.25) is 4.79 Å². The van der Waals surface area contributed by atoms with Gasteiger partial charge in [-0.15, -0.1) is 0 Å². The predicted octanol–water partition coefficient (Wildman–Crippen LogP) is 2.14. The van der Waals surface area contributed by atoms with Crippen LogP contribution in [0.3, 0.4) is 0 Å². The van der Waals surface area contributed by atoms with Crippen LogP contribution >= 0.6 is 0 Å². The van der Waals surface area contributed by atoms with Gasteiger partial charge in [0, 0.05) is 26.3 Å². The Labute approximate surface area is 110 Å². The van der Waals surface area contributed by atoms with Gasteiger partial charge >= 0.3 is 5.97 Å². The summed E-state index contributed by atoms with van der Waals surface area (Å²) in [6.07, 6.45) is 2.22. The zero-order valence-electron chi connectivity index (χ0n) is 12.1. The summed E-state index contributed by atoms with van der Waals surface area (Å²) in [5.74, 6) is -0.0921. The molecule has 0 bridgehead atoms. The first-order chi connectivity index (χ1) is 8.26. The fourth-order valence-electron chi connectivity index (χ4n) is 2.40. The van der Waals surface area contributed by atoms with E-state index in [0.717, 1.165) is 32.6 Å². The topological polar surface area (TPSA) is 58.6 Å². The lowest BCUT2D eigenvalue weighted by atomic mass is 9.74. The van der Waals surface area contributed by atoms with Crippen LogP contribution in [0.5, 0.6) is 0 Å². The monoisotopic (exact) mass is 257 g/mol. The summed E-state index contributed by atoms with van der Waals surface area (Å²) in [5.41, 5.74) is -0.510. The Bertz CT molecular complexity index is 281. The van der Waals surface area contributed by atoms with Gasteiger partial charge in [0.1, 0.15) is 0 Å². The fraction of sp³-hybridized carbons (Fsp3) is 0.929. The van der Waals surface area contributed by atoms with E-state index in [1.807, 2.05) is 0 Å². The molecule has 1 aliphatic heterocycles. The van der Waals surface area contributed by atoms with Gasteiger partial charge in [0.25, 0.3) is 0 Å². The zero-order chi connectivity index (χ0) is 13.8. The highest BCUT2D eigenvalue weighted by molar-refractivity contribution is 5.73. The molecule has 0 spiro atoms. The first kappa shape index (κ1) is 15.4. The first-order valence-corrected chi connectivity index (χ1v) is 6.77. The highest BCUT2D eigenvalue weighted by atomic mass is 16.5. The van der Waals surface area contributed by atoms with Crippen molar-refractivity contribution >= 4 is 5.97 Å². The summed E-state index contributed by atoms with van der Waals surface area (Å²) >= 11 is 0. The van der Waals surface area contributed by atoms with Crippen LogP contribution in [0.1, 0.15) is 40.5 Å². The number of rotatable bonds is 6. The van der Waals surface area contributed by atoms with Gasteiger partial charge in [-0.2, -0.15) is 0 Å². The smallest absolute Gasteiger partial charge is 0.310 e. The minimum Gasteiger partial charge on any atom is -0.481 e. The zero-order valence-corrected chi connectivity index (χ0v) is 12.1. The molecule has 1 fully saturated rings. The predicted molar refractivity (Wildman–Crippen MR) is 71.6 cm³/mol. The molecule has 0 radical (unpaired) electrons. The highest BCUT2D eigenvalue weighted by Gasteiger charge is 2.32. The van der Waals surface area contributed by atoms with E-state index in [2.05, 4.69) is 19.2 Å². The van der Waals surface area contributed by atoms with Crippen molar-refractivity contribution in [3.8, 4) is 0 Å². The first-order valence-electron chi connectivity index (χ1n) is 6.77. The molecule has 0 amide bonds. The average molecular weight is 257 g/mol. The van der Waals surface area contributed by atoms with Crippen molar-refractivity contribution in [2.75, 3.05) is 26.3 Å². The molecule has 2 N–H and O–H groups in total. The van der Waals surface area contributed by atoms with E-state index < -0.39 is 11.4 Å². The molecule has 0 aromatic heterocycles. The summed E-state index contributed by atoms with van der Waals surface area (Å²) in [5, 5.41) is 12.4. The summed E-state index contributed by atoms with van der Waals surface area (Å²) < 4.78 is 5.39. The van der Waals surface area contributed by atoms with Gasteiger partial charge < -0.3 is 15.2 Å². The van der Waals surface area contributed by atoms with E-state index in [0.29, 0.717) is 12.5 Å². The third kappa shape index (κ3) is 4.25. The lowest BCUT2D eigenvalue weighted by molar-refractivity contribution is -0.146. The molecular formula is C14H27NO3. The largest absolute Gasteiger partial charge is 0.481 e. The average Bonchev–Trinajstić information content (AvgIpc) is 2.29. The van der Waals surface area contributed by atoms with E-state index in [-0.39, 0.29) is 5.41 Å². The van der Waals surface area contributed by atoms with Gasteiger partial charge in [0.05, 0.1) is 5.41 Å². The van der Waals surface area contributed by atoms with Crippen LogP contribution in [0.15, 0.2) is 0 Å². The van der Waals surface area contributed by atoms with Gasteiger partial charge in [0.15, 0.2) is 0 Å². The molecule has 1 saturated heterocycles. The second-order valence-electron chi connectivity index (χ2n) is 6.67. The second-order valence-corrected chi connectivity index (χ2v) is 6.67. The summed E-state index contributed by atoms with van der Waals surface area (Å²) in [4.78, 5) is 11.0. The number of carboxylic acid groups (broad SMARTS) is 1. The molecule has 1 heterocycles. The lowest BCUT2D eigenvalue weighted by Crippen LogP contribution is -2.43. The molecule has 18 heavy (non-hydrogen) atoms. The maximum atomic E-state index is 11.0. The Morgan fingerprint density at radius 2 is 1.78 bits per heavy atom. The molecule has 0 saturated carbocycles. The number of ether oxygens (including phenoxy) is 1. The normalized spacial score (nSPS) is 18.9. The lowest BCUT2D eigenvalue weighted by Gasteiger charge is -2.37. The van der Waals surface area contributed by atoms with Crippen LogP contribution in [-0.2, 0) is 9.53 Å². The third-order valence-corrected chi connectivity index (χ3v) is 4.05. The molecule has 0 aromatic carbocycles. The molecule has 4 nitrogen and oxygen atoms in total. The number of hydrogen-bond acceptors (Lipinski definition) is 3. The van der Waals surface area contributed by atoms with Gasteiger partial charge in [-0.05, 0) is 38.0 Å². The van der Waals surface area contributed by atoms with E-state index in [9.17, 15) is 4.79 Å². The summed E-state index contributed by atoms with van der Waals surface area (Å²) in [6, 6.07) is 0. The maximum Gasteiger partial charge on any atom is 0.310 e. The van der Waals surface area contributed by atoms with Gasteiger partial charge in [0.2, 0.25) is 0 Å². The number of carbonyl (C=O) groups is 1. The van der Waals surface area contributed by atoms with Crippen LogP contribution in [0.2, 0.25) is 0 Å². The van der Waals surface area contributed by atoms with Crippen molar-refractivity contribution in [3.63, 3.8) is 0 Å². The standard InChI is InChI=1S/C14H27NO3/c1-13(2,11-5-7-18-8-6-11)9-15-10-14(3,4)12(16)17/h11,15H,5-10H2,1-4H3,(H,16,17). The highest BCUT2D eigenvalue weighted by Crippen LogP contribution is 2.33. The van der Waals surface area contributed by atoms with E-state index in [1.165, 1.54) is 0 Å². The number of hydrogen-bond donors (Lipinski definition) is 2.